The Kier molecular flexibility index (Phi) is 3.95. The Labute approximate surface area is 163 Å². The quantitative estimate of drug-likeness (QED) is 0.612. The lowest BCUT2D eigenvalue weighted by Gasteiger charge is -2.27. The maximum Gasteiger partial charge on any atom is 0.239 e. The molecule has 0 bridgehead atoms. The van der Waals surface area contributed by atoms with Crippen LogP contribution in [0.1, 0.15) is 28.8 Å². The summed E-state index contributed by atoms with van der Waals surface area (Å²) in [5.41, 5.74) is 2.28. The Balaban J connectivity index is 1.55. The summed E-state index contributed by atoms with van der Waals surface area (Å²) in [7, 11) is 0. The second-order valence-corrected chi connectivity index (χ2v) is 8.02. The van der Waals surface area contributed by atoms with Crippen molar-refractivity contribution in [3.63, 3.8) is 0 Å². The Morgan fingerprint density at radius 2 is 1.61 bits per heavy atom. The van der Waals surface area contributed by atoms with Crippen molar-refractivity contribution < 1.29 is 14.4 Å². The van der Waals surface area contributed by atoms with Gasteiger partial charge in [-0.05, 0) is 38.4 Å². The number of anilines is 1. The van der Waals surface area contributed by atoms with Gasteiger partial charge in [-0.2, -0.15) is 0 Å². The van der Waals surface area contributed by atoms with E-state index in [2.05, 4.69) is 4.90 Å². The molecule has 2 amide bonds. The number of Topliss-reactive ketones (excluding diaryl/α,β-unsaturated/α-hetero) is 1. The van der Waals surface area contributed by atoms with Crippen molar-refractivity contribution in [2.24, 2.45) is 11.8 Å². The van der Waals surface area contributed by atoms with Crippen LogP contribution >= 0.6 is 0 Å². The van der Waals surface area contributed by atoms with Crippen molar-refractivity contribution in [1.82, 2.24) is 4.90 Å². The Hall–Kier alpha value is -2.79. The summed E-state index contributed by atoms with van der Waals surface area (Å²) in [6, 6.07) is 16.0. The van der Waals surface area contributed by atoms with Gasteiger partial charge in [0.05, 0.1) is 23.6 Å². The van der Waals surface area contributed by atoms with Crippen LogP contribution in [0.5, 0.6) is 0 Å². The van der Waals surface area contributed by atoms with E-state index in [1.54, 1.807) is 12.1 Å². The van der Waals surface area contributed by atoms with E-state index in [1.165, 1.54) is 4.90 Å². The van der Waals surface area contributed by atoms with Crippen LogP contribution in [0.4, 0.5) is 5.69 Å². The summed E-state index contributed by atoms with van der Waals surface area (Å²) in [4.78, 5) is 43.5. The molecule has 3 fully saturated rings. The number of carbonyl (C=O) groups is 3. The third-order valence-corrected chi connectivity index (χ3v) is 6.47. The maximum atomic E-state index is 13.4. The van der Waals surface area contributed by atoms with Crippen LogP contribution in [0.3, 0.4) is 0 Å². The molecule has 3 aliphatic heterocycles. The van der Waals surface area contributed by atoms with Crippen molar-refractivity contribution in [2.75, 3.05) is 11.4 Å². The summed E-state index contributed by atoms with van der Waals surface area (Å²) in [6.45, 7) is 2.74. The smallest absolute Gasteiger partial charge is 0.239 e. The van der Waals surface area contributed by atoms with E-state index < -0.39 is 17.9 Å². The lowest BCUT2D eigenvalue weighted by molar-refractivity contribution is -0.123. The predicted molar refractivity (Wildman–Crippen MR) is 105 cm³/mol. The minimum atomic E-state index is -0.591. The molecule has 142 valence electrons. The molecule has 4 atom stereocenters. The van der Waals surface area contributed by atoms with Crippen molar-refractivity contribution in [3.8, 4) is 0 Å². The van der Waals surface area contributed by atoms with E-state index in [-0.39, 0.29) is 23.6 Å². The number of amides is 2. The lowest BCUT2D eigenvalue weighted by Crippen LogP contribution is -2.46. The van der Waals surface area contributed by atoms with Crippen LogP contribution in [-0.2, 0) is 9.59 Å². The molecule has 5 nitrogen and oxygen atoms in total. The van der Waals surface area contributed by atoms with E-state index in [4.69, 9.17) is 0 Å². The standard InChI is InChI=1S/C23H22N2O3/c1-14-9-11-16(12-10-14)25-22(27)18-17-8-5-13-24(17)20(19(18)23(25)28)21(26)15-6-3-2-4-7-15/h2-4,6-7,9-12,17-20H,5,8,13H2,1H3/t17-,18+,19+,20-/m1/s1. The summed E-state index contributed by atoms with van der Waals surface area (Å²) in [5.74, 6) is -1.45. The first-order valence-corrected chi connectivity index (χ1v) is 9.87. The average molecular weight is 374 g/mol. The van der Waals surface area contributed by atoms with Crippen molar-refractivity contribution in [2.45, 2.75) is 31.8 Å². The number of rotatable bonds is 3. The van der Waals surface area contributed by atoms with Gasteiger partial charge in [0.1, 0.15) is 0 Å². The molecule has 5 heteroatoms. The number of hydrogen-bond acceptors (Lipinski definition) is 4. The minimum Gasteiger partial charge on any atom is -0.292 e. The molecule has 0 spiro atoms. The first-order chi connectivity index (χ1) is 13.6. The van der Waals surface area contributed by atoms with E-state index >= 15 is 0 Å². The second-order valence-electron chi connectivity index (χ2n) is 8.02. The molecule has 0 aliphatic carbocycles. The molecule has 0 N–H and O–H groups in total. The molecule has 2 aromatic rings. The molecule has 0 aromatic heterocycles. The number of fused-ring (bicyclic) bond motifs is 3. The summed E-state index contributed by atoms with van der Waals surface area (Å²) in [6.07, 6.45) is 1.82. The predicted octanol–water partition coefficient (Wildman–Crippen LogP) is 2.83. The third kappa shape index (κ3) is 2.39. The number of ketones is 1. The molecule has 28 heavy (non-hydrogen) atoms. The minimum absolute atomic E-state index is 0.0189. The van der Waals surface area contributed by atoms with E-state index in [1.807, 2.05) is 49.4 Å². The molecule has 3 heterocycles. The number of nitrogens with zero attached hydrogens (tertiary/aromatic N) is 2. The van der Waals surface area contributed by atoms with Crippen LogP contribution in [0, 0.1) is 18.8 Å². The Bertz CT molecular complexity index is 954. The average Bonchev–Trinajstić information content (AvgIpc) is 3.35. The molecule has 3 saturated heterocycles. The molecule has 2 aromatic carbocycles. The fourth-order valence-electron chi connectivity index (χ4n) is 5.24. The lowest BCUT2D eigenvalue weighted by atomic mass is 9.85. The normalized spacial score (nSPS) is 29.2. The van der Waals surface area contributed by atoms with Crippen LogP contribution in [-0.4, -0.2) is 41.1 Å². The number of imide groups is 1. The van der Waals surface area contributed by atoms with Gasteiger partial charge < -0.3 is 0 Å². The highest BCUT2D eigenvalue weighted by Crippen LogP contribution is 2.48. The fourth-order valence-corrected chi connectivity index (χ4v) is 5.24. The first-order valence-electron chi connectivity index (χ1n) is 9.87. The van der Waals surface area contributed by atoms with Gasteiger partial charge >= 0.3 is 0 Å². The van der Waals surface area contributed by atoms with E-state index in [9.17, 15) is 14.4 Å². The van der Waals surface area contributed by atoms with Gasteiger partial charge in [-0.25, -0.2) is 4.90 Å². The highest BCUT2D eigenvalue weighted by Gasteiger charge is 2.64. The van der Waals surface area contributed by atoms with Crippen molar-refractivity contribution in [3.05, 3.63) is 65.7 Å². The molecular formula is C23H22N2O3. The van der Waals surface area contributed by atoms with Gasteiger partial charge in [-0.1, -0.05) is 48.0 Å². The zero-order valence-corrected chi connectivity index (χ0v) is 15.7. The van der Waals surface area contributed by atoms with Gasteiger partial charge in [0.2, 0.25) is 11.8 Å². The molecule has 0 unspecified atom stereocenters. The van der Waals surface area contributed by atoms with Crippen LogP contribution < -0.4 is 4.90 Å². The fraction of sp³-hybridized carbons (Fsp3) is 0.348. The topological polar surface area (TPSA) is 57.7 Å². The van der Waals surface area contributed by atoms with Crippen LogP contribution in [0.25, 0.3) is 0 Å². The Morgan fingerprint density at radius 1 is 0.929 bits per heavy atom. The maximum absolute atomic E-state index is 13.4. The van der Waals surface area contributed by atoms with Crippen molar-refractivity contribution in [1.29, 1.82) is 0 Å². The zero-order chi connectivity index (χ0) is 19.4. The highest BCUT2D eigenvalue weighted by atomic mass is 16.2. The zero-order valence-electron chi connectivity index (χ0n) is 15.7. The molecule has 0 saturated carbocycles. The van der Waals surface area contributed by atoms with Crippen molar-refractivity contribution >= 4 is 23.3 Å². The molecule has 3 aliphatic rings. The van der Waals surface area contributed by atoms with Gasteiger partial charge in [-0.3, -0.25) is 19.3 Å². The SMILES string of the molecule is Cc1ccc(N2C(=O)[C@@H]3[C@H](C2=O)[C@H](C(=O)c2ccccc2)N2CCC[C@H]32)cc1. The Morgan fingerprint density at radius 3 is 2.32 bits per heavy atom. The summed E-state index contributed by atoms with van der Waals surface area (Å²) >= 11 is 0. The second kappa shape index (κ2) is 6.38. The summed E-state index contributed by atoms with van der Waals surface area (Å²) in [5, 5.41) is 0. The number of aryl methyl sites for hydroxylation is 1. The van der Waals surface area contributed by atoms with Gasteiger partial charge in [0.25, 0.3) is 0 Å². The first kappa shape index (κ1) is 17.3. The van der Waals surface area contributed by atoms with E-state index in [0.29, 0.717) is 11.3 Å². The largest absolute Gasteiger partial charge is 0.292 e. The number of benzene rings is 2. The van der Waals surface area contributed by atoms with Gasteiger partial charge in [0.15, 0.2) is 5.78 Å². The summed E-state index contributed by atoms with van der Waals surface area (Å²) < 4.78 is 0. The molecule has 0 radical (unpaired) electrons. The third-order valence-electron chi connectivity index (χ3n) is 6.47. The number of carbonyl (C=O) groups excluding carboxylic acids is 3. The van der Waals surface area contributed by atoms with Gasteiger partial charge in [0, 0.05) is 11.6 Å². The molecular weight excluding hydrogens is 352 g/mol. The molecule has 5 rings (SSSR count). The monoisotopic (exact) mass is 374 g/mol. The van der Waals surface area contributed by atoms with Crippen LogP contribution in [0.15, 0.2) is 54.6 Å². The highest BCUT2D eigenvalue weighted by molar-refractivity contribution is 6.24. The van der Waals surface area contributed by atoms with Crippen LogP contribution in [0.2, 0.25) is 0 Å². The van der Waals surface area contributed by atoms with Gasteiger partial charge in [-0.15, -0.1) is 0 Å². The number of hydrogen-bond donors (Lipinski definition) is 0. The van der Waals surface area contributed by atoms with E-state index in [0.717, 1.165) is 24.9 Å².